The number of carbonyl (C=O) groups is 1. The first-order valence-electron chi connectivity index (χ1n) is 7.97. The molecule has 0 fully saturated rings. The predicted octanol–water partition coefficient (Wildman–Crippen LogP) is 3.91. The molecule has 0 unspecified atom stereocenters. The van der Waals surface area contributed by atoms with Gasteiger partial charge in [-0.05, 0) is 46.7 Å². The summed E-state index contributed by atoms with van der Waals surface area (Å²) in [5.74, 6) is 0.786. The molecule has 0 radical (unpaired) electrons. The van der Waals surface area contributed by atoms with Crippen LogP contribution >= 0.6 is 0 Å². The van der Waals surface area contributed by atoms with E-state index in [0.29, 0.717) is 5.69 Å². The Morgan fingerprint density at radius 1 is 1.07 bits per heavy atom. The number of hydrogen-bond donors (Lipinski definition) is 2. The van der Waals surface area contributed by atoms with E-state index in [1.165, 1.54) is 30.5 Å². The fourth-order valence-corrected chi connectivity index (χ4v) is 2.44. The summed E-state index contributed by atoms with van der Waals surface area (Å²) in [5, 5.41) is 19.1. The standard InChI is InChI=1S/C19H16N4O4/c1-27-18-9-4-14-10-13(2-3-15(14)11-18)12-20-22-19(24)21-16-5-7-17(8-6-16)23(25)26/h2-12H,1H3,(H2,21,22,24)/b20-12+. The van der Waals surface area contributed by atoms with E-state index >= 15 is 0 Å². The highest BCUT2D eigenvalue weighted by Crippen LogP contribution is 2.21. The number of rotatable bonds is 5. The van der Waals surface area contributed by atoms with Crippen LogP contribution in [0, 0.1) is 10.1 Å². The summed E-state index contributed by atoms with van der Waals surface area (Å²) in [6, 6.07) is 16.5. The molecule has 2 amide bonds. The summed E-state index contributed by atoms with van der Waals surface area (Å²) in [4.78, 5) is 21.9. The molecule has 0 bridgehead atoms. The molecule has 8 heteroatoms. The zero-order chi connectivity index (χ0) is 19.2. The van der Waals surface area contributed by atoms with Gasteiger partial charge < -0.3 is 10.1 Å². The number of fused-ring (bicyclic) bond motifs is 1. The van der Waals surface area contributed by atoms with Gasteiger partial charge in [0.05, 0.1) is 18.2 Å². The number of non-ortho nitro benzene ring substituents is 1. The molecule has 3 aromatic rings. The summed E-state index contributed by atoms with van der Waals surface area (Å²) in [6.07, 6.45) is 1.53. The topological polar surface area (TPSA) is 106 Å². The molecule has 3 rings (SSSR count). The van der Waals surface area contributed by atoms with Crippen molar-refractivity contribution in [3.05, 3.63) is 76.3 Å². The van der Waals surface area contributed by atoms with Gasteiger partial charge in [-0.3, -0.25) is 10.1 Å². The minimum atomic E-state index is -0.550. The van der Waals surface area contributed by atoms with Crippen LogP contribution < -0.4 is 15.5 Å². The number of ether oxygens (including phenoxy) is 1. The van der Waals surface area contributed by atoms with Gasteiger partial charge in [0, 0.05) is 17.8 Å². The first kappa shape index (κ1) is 17.9. The highest BCUT2D eigenvalue weighted by atomic mass is 16.6. The van der Waals surface area contributed by atoms with Crippen molar-refractivity contribution in [2.24, 2.45) is 5.10 Å². The lowest BCUT2D eigenvalue weighted by molar-refractivity contribution is -0.384. The van der Waals surface area contributed by atoms with E-state index in [1.807, 2.05) is 36.4 Å². The lowest BCUT2D eigenvalue weighted by Crippen LogP contribution is -2.24. The van der Waals surface area contributed by atoms with Gasteiger partial charge in [0.25, 0.3) is 5.69 Å². The molecule has 3 aromatic carbocycles. The van der Waals surface area contributed by atoms with E-state index in [0.717, 1.165) is 22.1 Å². The fourth-order valence-electron chi connectivity index (χ4n) is 2.44. The molecule has 27 heavy (non-hydrogen) atoms. The Morgan fingerprint density at radius 2 is 1.78 bits per heavy atom. The number of anilines is 1. The molecule has 8 nitrogen and oxygen atoms in total. The Balaban J connectivity index is 1.60. The van der Waals surface area contributed by atoms with Gasteiger partial charge in [0.1, 0.15) is 5.75 Å². The molecule has 0 heterocycles. The molecule has 0 aliphatic heterocycles. The van der Waals surface area contributed by atoms with Crippen LogP contribution in [0.2, 0.25) is 0 Å². The first-order valence-corrected chi connectivity index (χ1v) is 7.97. The van der Waals surface area contributed by atoms with Gasteiger partial charge in [-0.2, -0.15) is 5.10 Å². The summed E-state index contributed by atoms with van der Waals surface area (Å²) in [7, 11) is 1.62. The smallest absolute Gasteiger partial charge is 0.339 e. The average molecular weight is 364 g/mol. The van der Waals surface area contributed by atoms with Crippen LogP contribution in [0.15, 0.2) is 65.8 Å². The van der Waals surface area contributed by atoms with E-state index in [1.54, 1.807) is 7.11 Å². The monoisotopic (exact) mass is 364 g/mol. The van der Waals surface area contributed by atoms with E-state index in [2.05, 4.69) is 15.8 Å². The molecule has 0 atom stereocenters. The van der Waals surface area contributed by atoms with Gasteiger partial charge in [0.15, 0.2) is 0 Å². The molecular formula is C19H16N4O4. The second kappa shape index (κ2) is 7.96. The summed E-state index contributed by atoms with van der Waals surface area (Å²) >= 11 is 0. The maximum atomic E-state index is 11.8. The number of benzene rings is 3. The number of nitrogens with zero attached hydrogens (tertiary/aromatic N) is 2. The van der Waals surface area contributed by atoms with Crippen molar-refractivity contribution in [1.29, 1.82) is 0 Å². The van der Waals surface area contributed by atoms with E-state index < -0.39 is 11.0 Å². The molecule has 0 aliphatic carbocycles. The molecular weight excluding hydrogens is 348 g/mol. The van der Waals surface area contributed by atoms with Crippen molar-refractivity contribution in [2.75, 3.05) is 12.4 Å². The molecule has 2 N–H and O–H groups in total. The normalized spacial score (nSPS) is 10.7. The Bertz CT molecular complexity index is 1020. The number of urea groups is 1. The Kier molecular flexibility index (Phi) is 5.27. The largest absolute Gasteiger partial charge is 0.497 e. The molecule has 0 aliphatic rings. The van der Waals surface area contributed by atoms with Gasteiger partial charge in [0.2, 0.25) is 0 Å². The Labute approximate surface area is 154 Å². The third-order valence-electron chi connectivity index (χ3n) is 3.79. The lowest BCUT2D eigenvalue weighted by atomic mass is 10.1. The van der Waals surface area contributed by atoms with E-state index in [4.69, 9.17) is 4.74 Å². The van der Waals surface area contributed by atoms with Crippen molar-refractivity contribution in [3.63, 3.8) is 0 Å². The number of nitro groups is 1. The number of carbonyl (C=O) groups excluding carboxylic acids is 1. The number of nitro benzene ring substituents is 1. The van der Waals surface area contributed by atoms with Crippen LogP contribution in [-0.4, -0.2) is 24.3 Å². The van der Waals surface area contributed by atoms with Crippen molar-refractivity contribution in [1.82, 2.24) is 5.43 Å². The fraction of sp³-hybridized carbons (Fsp3) is 0.0526. The van der Waals surface area contributed by atoms with Crippen LogP contribution in [0.25, 0.3) is 10.8 Å². The van der Waals surface area contributed by atoms with Crippen molar-refractivity contribution >= 4 is 34.4 Å². The number of hydrazone groups is 1. The van der Waals surface area contributed by atoms with Gasteiger partial charge in [-0.1, -0.05) is 18.2 Å². The summed E-state index contributed by atoms with van der Waals surface area (Å²) in [5.41, 5.74) is 3.55. The highest BCUT2D eigenvalue weighted by Gasteiger charge is 2.05. The van der Waals surface area contributed by atoms with Crippen LogP contribution in [-0.2, 0) is 0 Å². The van der Waals surface area contributed by atoms with Crippen LogP contribution in [0.3, 0.4) is 0 Å². The minimum Gasteiger partial charge on any atom is -0.497 e. The van der Waals surface area contributed by atoms with E-state index in [-0.39, 0.29) is 5.69 Å². The third-order valence-corrected chi connectivity index (χ3v) is 3.79. The predicted molar refractivity (Wildman–Crippen MR) is 103 cm³/mol. The van der Waals surface area contributed by atoms with E-state index in [9.17, 15) is 14.9 Å². The number of amides is 2. The van der Waals surface area contributed by atoms with Crippen molar-refractivity contribution in [2.45, 2.75) is 0 Å². The second-order valence-corrected chi connectivity index (χ2v) is 5.60. The number of nitrogens with one attached hydrogen (secondary N) is 2. The Hall–Kier alpha value is -3.94. The molecule has 0 aromatic heterocycles. The lowest BCUT2D eigenvalue weighted by Gasteiger charge is -2.04. The number of hydrogen-bond acceptors (Lipinski definition) is 5. The summed E-state index contributed by atoms with van der Waals surface area (Å²) in [6.45, 7) is 0. The van der Waals surface area contributed by atoms with Crippen LogP contribution in [0.4, 0.5) is 16.2 Å². The Morgan fingerprint density at radius 3 is 2.48 bits per heavy atom. The molecule has 0 saturated carbocycles. The maximum Gasteiger partial charge on any atom is 0.339 e. The quantitative estimate of drug-likeness (QED) is 0.407. The number of methoxy groups -OCH3 is 1. The molecule has 136 valence electrons. The van der Waals surface area contributed by atoms with Gasteiger partial charge >= 0.3 is 6.03 Å². The SMILES string of the molecule is COc1ccc2cc(/C=N/NC(=O)Nc3ccc([N+](=O)[O-])cc3)ccc2c1. The summed E-state index contributed by atoms with van der Waals surface area (Å²) < 4.78 is 5.20. The van der Waals surface area contributed by atoms with Gasteiger partial charge in [-0.15, -0.1) is 0 Å². The molecule has 0 spiro atoms. The van der Waals surface area contributed by atoms with Crippen LogP contribution in [0.5, 0.6) is 5.75 Å². The minimum absolute atomic E-state index is 0.0482. The maximum absolute atomic E-state index is 11.8. The first-order chi connectivity index (χ1) is 13.0. The third kappa shape index (κ3) is 4.57. The zero-order valence-electron chi connectivity index (χ0n) is 14.4. The highest BCUT2D eigenvalue weighted by molar-refractivity contribution is 5.93. The second-order valence-electron chi connectivity index (χ2n) is 5.60. The average Bonchev–Trinajstić information content (AvgIpc) is 2.68. The van der Waals surface area contributed by atoms with Crippen molar-refractivity contribution < 1.29 is 14.5 Å². The zero-order valence-corrected chi connectivity index (χ0v) is 14.4. The molecule has 0 saturated heterocycles. The van der Waals surface area contributed by atoms with Gasteiger partial charge in [-0.25, -0.2) is 10.2 Å². The van der Waals surface area contributed by atoms with Crippen LogP contribution in [0.1, 0.15) is 5.56 Å². The van der Waals surface area contributed by atoms with Crippen molar-refractivity contribution in [3.8, 4) is 5.75 Å².